The van der Waals surface area contributed by atoms with Crippen LogP contribution in [0.5, 0.6) is 0 Å². The molecule has 0 saturated carbocycles. The summed E-state index contributed by atoms with van der Waals surface area (Å²) in [5.41, 5.74) is 1.78. The fourth-order valence-electron chi connectivity index (χ4n) is 6.65. The summed E-state index contributed by atoms with van der Waals surface area (Å²) in [4.78, 5) is 70.8. The first-order valence-electron chi connectivity index (χ1n) is 19.1. The first-order valence-corrected chi connectivity index (χ1v) is 19.1. The van der Waals surface area contributed by atoms with Gasteiger partial charge in [0.2, 0.25) is 5.91 Å². The van der Waals surface area contributed by atoms with Gasteiger partial charge in [0.25, 0.3) is 11.8 Å². The van der Waals surface area contributed by atoms with E-state index in [1.807, 2.05) is 88.4 Å². The number of Topliss-reactive ketones (excluding diaryl/α,β-unsaturated/α-hetero) is 1. The molecule has 4 N–H and O–H groups in total. The van der Waals surface area contributed by atoms with E-state index in [0.717, 1.165) is 11.1 Å². The number of hydrogen-bond donors (Lipinski definition) is 4. The van der Waals surface area contributed by atoms with Crippen molar-refractivity contribution in [1.82, 2.24) is 35.9 Å². The van der Waals surface area contributed by atoms with Crippen molar-refractivity contribution >= 4 is 45.1 Å². The maximum atomic E-state index is 14.2. The molecule has 3 amide bonds. The highest BCUT2D eigenvalue weighted by Gasteiger charge is 2.49. The Hall–Kier alpha value is -5.29. The van der Waals surface area contributed by atoms with Crippen molar-refractivity contribution in [3.05, 3.63) is 120 Å². The highest BCUT2D eigenvalue weighted by Crippen LogP contribution is 2.31. The molecule has 4 atom stereocenters. The van der Waals surface area contributed by atoms with Crippen LogP contribution in [0.25, 0.3) is 0 Å². The number of ketones is 1. The van der Waals surface area contributed by atoms with Gasteiger partial charge in [-0.3, -0.25) is 29.1 Å². The van der Waals surface area contributed by atoms with Gasteiger partial charge in [-0.2, -0.15) is 0 Å². The van der Waals surface area contributed by atoms with E-state index in [2.05, 4.69) is 35.9 Å². The summed E-state index contributed by atoms with van der Waals surface area (Å²) >= 11 is 0. The largest absolute Gasteiger partial charge is 0.608 e. The summed E-state index contributed by atoms with van der Waals surface area (Å²) in [6.07, 6.45) is 9.48. The Labute approximate surface area is 334 Å². The summed E-state index contributed by atoms with van der Waals surface area (Å²) in [7, 11) is -4.06. The zero-order valence-electron chi connectivity index (χ0n) is 32.6. The van der Waals surface area contributed by atoms with Crippen LogP contribution in [0.1, 0.15) is 79.1 Å². The Kier molecular flexibility index (Phi) is 16.0. The average molecular weight is 775 g/mol. The van der Waals surface area contributed by atoms with Crippen LogP contribution in [0.3, 0.4) is 0 Å². The minimum Gasteiger partial charge on any atom is -0.451 e. The van der Waals surface area contributed by atoms with E-state index >= 15 is 0 Å². The van der Waals surface area contributed by atoms with Crippen LogP contribution in [0.4, 0.5) is 0 Å². The van der Waals surface area contributed by atoms with E-state index in [0.29, 0.717) is 12.8 Å². The molecule has 2 aromatic carbocycles. The SMILES string of the molecule is CC(C)CC(CC(=O)C(Cc1ccccc1)NC(=O)c1cnccn1)B1OB(O)OB(C(CC(C)C)NC(=O)C(Cc2ccccc2)NC(=O)c2cnccn2)O1. The normalized spacial score (nSPS) is 15.1. The second-order valence-electron chi connectivity index (χ2n) is 14.9. The monoisotopic (exact) mass is 775 g/mol. The van der Waals surface area contributed by atoms with Gasteiger partial charge in [0.1, 0.15) is 17.4 Å². The summed E-state index contributed by atoms with van der Waals surface area (Å²) in [6, 6.07) is 16.6. The van der Waals surface area contributed by atoms with E-state index < -0.39 is 63.1 Å². The Balaban J connectivity index is 1.35. The van der Waals surface area contributed by atoms with E-state index in [1.54, 1.807) is 0 Å². The standard InChI is InChI=1S/C39H48B3N7O8/c1-26(2)19-30(23-35(50)31(21-28-11-7-5-8-12-28)47-38(52)33-24-43-15-17-45-33)40-55-41(57-42(54)56-40)36(20-27(3)4)49-37(51)32(22-29-13-9-6-10-14-29)48-39(53)34-25-44-16-18-46-34/h5-18,24-27,30-32,36,54H,19-23H2,1-4H3,(H,47,52)(H,48,53)(H,49,51). The second kappa shape index (κ2) is 21.3. The summed E-state index contributed by atoms with van der Waals surface area (Å²) in [5, 5.41) is 19.6. The third-order valence-electron chi connectivity index (χ3n) is 9.25. The van der Waals surface area contributed by atoms with Crippen LogP contribution in [-0.4, -0.2) is 88.0 Å². The predicted molar refractivity (Wildman–Crippen MR) is 214 cm³/mol. The quantitative estimate of drug-likeness (QED) is 0.102. The van der Waals surface area contributed by atoms with Gasteiger partial charge in [0.05, 0.1) is 24.4 Å². The average Bonchev–Trinajstić information content (AvgIpc) is 3.20. The number of rotatable bonds is 19. The van der Waals surface area contributed by atoms with Gasteiger partial charge in [0, 0.05) is 37.6 Å². The number of carbonyl (C=O) groups is 4. The molecule has 3 heterocycles. The molecule has 0 aliphatic carbocycles. The van der Waals surface area contributed by atoms with E-state index in [9.17, 15) is 24.2 Å². The summed E-state index contributed by atoms with van der Waals surface area (Å²) < 4.78 is 17.9. The number of amides is 3. The molecule has 57 heavy (non-hydrogen) atoms. The van der Waals surface area contributed by atoms with Gasteiger partial charge >= 0.3 is 21.6 Å². The van der Waals surface area contributed by atoms with E-state index in [1.165, 1.54) is 37.2 Å². The molecule has 5 rings (SSSR count). The Morgan fingerprint density at radius 2 is 1.16 bits per heavy atom. The van der Waals surface area contributed by atoms with Crippen molar-refractivity contribution in [3.63, 3.8) is 0 Å². The maximum Gasteiger partial charge on any atom is 0.608 e. The van der Waals surface area contributed by atoms with Crippen LogP contribution in [0.15, 0.2) is 97.8 Å². The molecule has 4 unspecified atom stereocenters. The zero-order chi connectivity index (χ0) is 40.7. The van der Waals surface area contributed by atoms with Crippen LogP contribution in [0.2, 0.25) is 5.82 Å². The predicted octanol–water partition coefficient (Wildman–Crippen LogP) is 3.11. The summed E-state index contributed by atoms with van der Waals surface area (Å²) in [6.45, 7) is 7.91. The smallest absolute Gasteiger partial charge is 0.451 e. The van der Waals surface area contributed by atoms with Gasteiger partial charge in [-0.1, -0.05) is 88.4 Å². The van der Waals surface area contributed by atoms with Crippen LogP contribution < -0.4 is 16.0 Å². The molecule has 1 saturated heterocycles. The molecular weight excluding hydrogens is 727 g/mol. The first kappa shape index (κ1) is 42.8. The molecule has 15 nitrogen and oxygen atoms in total. The fourth-order valence-corrected chi connectivity index (χ4v) is 6.65. The molecule has 1 aliphatic heterocycles. The maximum absolute atomic E-state index is 14.2. The minimum absolute atomic E-state index is 0.0346. The number of benzene rings is 2. The Morgan fingerprint density at radius 3 is 1.67 bits per heavy atom. The molecule has 0 radical (unpaired) electrons. The summed E-state index contributed by atoms with van der Waals surface area (Å²) in [5.74, 6) is -3.18. The third-order valence-corrected chi connectivity index (χ3v) is 9.25. The van der Waals surface area contributed by atoms with Crippen LogP contribution in [0, 0.1) is 11.8 Å². The highest BCUT2D eigenvalue weighted by molar-refractivity contribution is 6.72. The second-order valence-corrected chi connectivity index (χ2v) is 14.9. The lowest BCUT2D eigenvalue weighted by molar-refractivity contribution is -0.123. The lowest BCUT2D eigenvalue weighted by atomic mass is 9.59. The molecule has 1 aliphatic rings. The van der Waals surface area contributed by atoms with Crippen LogP contribution in [-0.2, 0) is 36.1 Å². The van der Waals surface area contributed by atoms with Crippen molar-refractivity contribution in [2.75, 3.05) is 0 Å². The molecular formula is C39H48B3N7O8. The van der Waals surface area contributed by atoms with E-state index in [-0.39, 0.29) is 48.3 Å². The van der Waals surface area contributed by atoms with Crippen molar-refractivity contribution in [1.29, 1.82) is 0 Å². The Bertz CT molecular complexity index is 1750. The van der Waals surface area contributed by atoms with Gasteiger partial charge in [-0.05, 0) is 48.0 Å². The molecule has 0 spiro atoms. The van der Waals surface area contributed by atoms with Gasteiger partial charge in [-0.15, -0.1) is 0 Å². The number of carbonyl (C=O) groups excluding carboxylic acids is 4. The minimum atomic E-state index is -1.74. The molecule has 1 fully saturated rings. The van der Waals surface area contributed by atoms with Gasteiger partial charge < -0.3 is 34.7 Å². The molecule has 296 valence electrons. The molecule has 2 aromatic heterocycles. The van der Waals surface area contributed by atoms with E-state index in [4.69, 9.17) is 13.7 Å². The van der Waals surface area contributed by atoms with Crippen molar-refractivity contribution in [2.24, 2.45) is 11.8 Å². The molecule has 18 heteroatoms. The van der Waals surface area contributed by atoms with Crippen LogP contribution >= 0.6 is 0 Å². The molecule has 4 aromatic rings. The topological polar surface area (TPSA) is 204 Å². The fraction of sp³-hybridized carbons (Fsp3) is 0.385. The Morgan fingerprint density at radius 1 is 0.649 bits per heavy atom. The van der Waals surface area contributed by atoms with Crippen molar-refractivity contribution < 1.29 is 37.9 Å². The number of nitrogens with zero attached hydrogens (tertiary/aromatic N) is 4. The van der Waals surface area contributed by atoms with Crippen molar-refractivity contribution in [2.45, 2.75) is 83.6 Å². The number of hydrogen-bond acceptors (Lipinski definition) is 12. The van der Waals surface area contributed by atoms with Crippen molar-refractivity contribution in [3.8, 4) is 0 Å². The molecule has 0 bridgehead atoms. The third kappa shape index (κ3) is 13.4. The lowest BCUT2D eigenvalue weighted by Crippen LogP contribution is -2.62. The zero-order valence-corrected chi connectivity index (χ0v) is 32.6. The van der Waals surface area contributed by atoms with Gasteiger partial charge in [-0.25, -0.2) is 9.97 Å². The first-order chi connectivity index (χ1) is 27.4. The lowest BCUT2D eigenvalue weighted by Gasteiger charge is -2.37. The van der Waals surface area contributed by atoms with Gasteiger partial charge in [0.15, 0.2) is 5.78 Å². The highest BCUT2D eigenvalue weighted by atomic mass is 16.8. The number of nitrogens with one attached hydrogen (secondary N) is 3. The number of aromatic nitrogens is 4.